The molecular formula is C12H14Cl2N4. The third kappa shape index (κ3) is 2.44. The van der Waals surface area contributed by atoms with Crippen LogP contribution in [0.15, 0.2) is 12.3 Å². The highest BCUT2D eigenvalue weighted by atomic mass is 35.5. The highest BCUT2D eigenvalue weighted by molar-refractivity contribution is 6.32. The van der Waals surface area contributed by atoms with Crippen LogP contribution in [0.5, 0.6) is 0 Å². The monoisotopic (exact) mass is 284 g/mol. The molecule has 0 aliphatic heterocycles. The van der Waals surface area contributed by atoms with Gasteiger partial charge in [-0.3, -0.25) is 4.68 Å². The van der Waals surface area contributed by atoms with Crippen molar-refractivity contribution in [3.8, 4) is 0 Å². The second kappa shape index (κ2) is 5.16. The summed E-state index contributed by atoms with van der Waals surface area (Å²) in [6.07, 6.45) is 2.90. The van der Waals surface area contributed by atoms with Crippen molar-refractivity contribution < 1.29 is 0 Å². The van der Waals surface area contributed by atoms with Crippen molar-refractivity contribution in [2.45, 2.75) is 19.8 Å². The number of pyridine rings is 1. The van der Waals surface area contributed by atoms with E-state index in [0.29, 0.717) is 22.3 Å². The van der Waals surface area contributed by atoms with E-state index in [1.165, 1.54) is 6.20 Å². The zero-order chi connectivity index (χ0) is 13.3. The maximum absolute atomic E-state index is 6.29. The molecule has 0 spiro atoms. The van der Waals surface area contributed by atoms with Crippen molar-refractivity contribution in [1.29, 1.82) is 0 Å². The normalized spacial score (nSPS) is 10.9. The quantitative estimate of drug-likeness (QED) is 0.943. The molecule has 0 aliphatic rings. The van der Waals surface area contributed by atoms with Crippen molar-refractivity contribution in [2.75, 3.05) is 5.73 Å². The van der Waals surface area contributed by atoms with Crippen LogP contribution in [0.4, 0.5) is 5.82 Å². The SMILES string of the molecule is CCc1nn(C)c(Cc2cc(Cl)cnc2N)c1Cl. The summed E-state index contributed by atoms with van der Waals surface area (Å²) in [4.78, 5) is 4.03. The second-order valence-corrected chi connectivity index (χ2v) is 4.87. The smallest absolute Gasteiger partial charge is 0.127 e. The van der Waals surface area contributed by atoms with Crippen LogP contribution in [0, 0.1) is 0 Å². The Morgan fingerprint density at radius 2 is 2.11 bits per heavy atom. The van der Waals surface area contributed by atoms with E-state index < -0.39 is 0 Å². The summed E-state index contributed by atoms with van der Waals surface area (Å²) in [7, 11) is 1.87. The molecule has 2 rings (SSSR count). The molecule has 96 valence electrons. The van der Waals surface area contributed by atoms with Gasteiger partial charge in [0, 0.05) is 25.2 Å². The third-order valence-electron chi connectivity index (χ3n) is 2.83. The fourth-order valence-electron chi connectivity index (χ4n) is 1.83. The number of hydrogen-bond acceptors (Lipinski definition) is 3. The minimum absolute atomic E-state index is 0.467. The molecule has 4 nitrogen and oxygen atoms in total. The van der Waals surface area contributed by atoms with E-state index in [1.807, 2.05) is 14.0 Å². The lowest BCUT2D eigenvalue weighted by Gasteiger charge is -2.06. The van der Waals surface area contributed by atoms with E-state index in [2.05, 4.69) is 10.1 Å². The van der Waals surface area contributed by atoms with Gasteiger partial charge in [0.25, 0.3) is 0 Å². The molecule has 0 aliphatic carbocycles. The highest BCUT2D eigenvalue weighted by Crippen LogP contribution is 2.25. The molecule has 0 saturated heterocycles. The average Bonchev–Trinajstić information content (AvgIpc) is 2.61. The number of nitrogens with two attached hydrogens (primary N) is 1. The van der Waals surface area contributed by atoms with Gasteiger partial charge in [0.05, 0.1) is 21.4 Å². The summed E-state index contributed by atoms with van der Waals surface area (Å²) in [5.74, 6) is 0.467. The fraction of sp³-hybridized carbons (Fsp3) is 0.333. The highest BCUT2D eigenvalue weighted by Gasteiger charge is 2.15. The summed E-state index contributed by atoms with van der Waals surface area (Å²) in [6, 6.07) is 1.80. The number of nitrogen functional groups attached to an aromatic ring is 1. The third-order valence-corrected chi connectivity index (χ3v) is 3.47. The van der Waals surface area contributed by atoms with E-state index in [1.54, 1.807) is 10.7 Å². The molecule has 6 heteroatoms. The first-order chi connectivity index (χ1) is 8.52. The Balaban J connectivity index is 2.39. The number of aromatic nitrogens is 3. The number of anilines is 1. The Morgan fingerprint density at radius 1 is 1.39 bits per heavy atom. The molecule has 0 aromatic carbocycles. The van der Waals surface area contributed by atoms with Gasteiger partial charge in [-0.1, -0.05) is 30.1 Å². The molecule has 0 fully saturated rings. The molecule has 0 saturated carbocycles. The molecule has 0 radical (unpaired) electrons. The average molecular weight is 285 g/mol. The van der Waals surface area contributed by atoms with Gasteiger partial charge in [-0.2, -0.15) is 5.10 Å². The summed E-state index contributed by atoms with van der Waals surface area (Å²) >= 11 is 12.2. The van der Waals surface area contributed by atoms with Crippen LogP contribution in [0.1, 0.15) is 23.9 Å². The van der Waals surface area contributed by atoms with E-state index >= 15 is 0 Å². The lowest BCUT2D eigenvalue weighted by Crippen LogP contribution is -2.03. The number of halogens is 2. The Morgan fingerprint density at radius 3 is 2.72 bits per heavy atom. The van der Waals surface area contributed by atoms with Crippen LogP contribution in [-0.2, 0) is 19.9 Å². The number of hydrogen-bond donors (Lipinski definition) is 1. The number of rotatable bonds is 3. The van der Waals surface area contributed by atoms with E-state index in [0.717, 1.165) is 23.4 Å². The van der Waals surface area contributed by atoms with Crippen LogP contribution in [0.2, 0.25) is 10.0 Å². The lowest BCUT2D eigenvalue weighted by molar-refractivity contribution is 0.710. The molecule has 18 heavy (non-hydrogen) atoms. The zero-order valence-electron chi connectivity index (χ0n) is 10.2. The molecule has 2 aromatic rings. The van der Waals surface area contributed by atoms with Crippen LogP contribution >= 0.6 is 23.2 Å². The largest absolute Gasteiger partial charge is 0.383 e. The molecule has 2 N–H and O–H groups in total. The van der Waals surface area contributed by atoms with E-state index in [4.69, 9.17) is 28.9 Å². The van der Waals surface area contributed by atoms with E-state index in [9.17, 15) is 0 Å². The van der Waals surface area contributed by atoms with Gasteiger partial charge in [-0.05, 0) is 12.5 Å². The summed E-state index contributed by atoms with van der Waals surface area (Å²) in [5.41, 5.74) is 8.50. The Hall–Kier alpha value is -1.26. The Labute approximate surface area is 116 Å². The summed E-state index contributed by atoms with van der Waals surface area (Å²) in [5, 5.41) is 5.62. The maximum Gasteiger partial charge on any atom is 0.127 e. The maximum atomic E-state index is 6.29. The van der Waals surface area contributed by atoms with Crippen molar-refractivity contribution in [3.05, 3.63) is 39.3 Å². The van der Waals surface area contributed by atoms with Crippen molar-refractivity contribution in [2.24, 2.45) is 7.05 Å². The molecule has 0 amide bonds. The first-order valence-corrected chi connectivity index (χ1v) is 6.38. The van der Waals surface area contributed by atoms with Gasteiger partial charge in [0.2, 0.25) is 0 Å². The summed E-state index contributed by atoms with van der Waals surface area (Å²) in [6.45, 7) is 2.02. The van der Waals surface area contributed by atoms with Crippen LogP contribution in [0.3, 0.4) is 0 Å². The molecular weight excluding hydrogens is 271 g/mol. The van der Waals surface area contributed by atoms with Crippen molar-refractivity contribution >= 4 is 29.0 Å². The first-order valence-electron chi connectivity index (χ1n) is 5.63. The van der Waals surface area contributed by atoms with E-state index in [-0.39, 0.29) is 0 Å². The van der Waals surface area contributed by atoms with Crippen molar-refractivity contribution in [1.82, 2.24) is 14.8 Å². The minimum atomic E-state index is 0.467. The molecule has 0 atom stereocenters. The van der Waals surface area contributed by atoms with Gasteiger partial charge in [0.1, 0.15) is 5.82 Å². The van der Waals surface area contributed by atoms with Crippen LogP contribution in [-0.4, -0.2) is 14.8 Å². The van der Waals surface area contributed by atoms with Gasteiger partial charge < -0.3 is 5.73 Å². The molecule has 0 unspecified atom stereocenters. The minimum Gasteiger partial charge on any atom is -0.383 e. The Bertz CT molecular complexity index is 578. The van der Waals surface area contributed by atoms with Gasteiger partial charge in [-0.25, -0.2) is 4.98 Å². The summed E-state index contributed by atoms with van der Waals surface area (Å²) < 4.78 is 1.78. The zero-order valence-corrected chi connectivity index (χ0v) is 11.8. The predicted octanol–water partition coefficient (Wildman–Crippen LogP) is 2.86. The molecule has 2 heterocycles. The lowest BCUT2D eigenvalue weighted by atomic mass is 10.1. The van der Waals surface area contributed by atoms with Gasteiger partial charge in [0.15, 0.2) is 0 Å². The van der Waals surface area contributed by atoms with Gasteiger partial charge in [-0.15, -0.1) is 0 Å². The predicted molar refractivity (Wildman–Crippen MR) is 74.1 cm³/mol. The topological polar surface area (TPSA) is 56.7 Å². The Kier molecular flexibility index (Phi) is 3.78. The van der Waals surface area contributed by atoms with Crippen LogP contribution < -0.4 is 5.73 Å². The number of aryl methyl sites for hydroxylation is 2. The molecule has 0 bridgehead atoms. The first kappa shape index (κ1) is 13.2. The van der Waals surface area contributed by atoms with Gasteiger partial charge >= 0.3 is 0 Å². The van der Waals surface area contributed by atoms with Crippen LogP contribution in [0.25, 0.3) is 0 Å². The number of nitrogens with zero attached hydrogens (tertiary/aromatic N) is 3. The fourth-order valence-corrected chi connectivity index (χ4v) is 2.37. The van der Waals surface area contributed by atoms with Crippen molar-refractivity contribution in [3.63, 3.8) is 0 Å². The standard InChI is InChI=1S/C12H14Cl2N4/c1-3-9-11(14)10(18(2)17-9)5-7-4-8(13)6-16-12(7)15/h4,6H,3,5H2,1-2H3,(H2,15,16). The second-order valence-electron chi connectivity index (χ2n) is 4.06. The molecule has 2 aromatic heterocycles.